The maximum Gasteiger partial charge on any atom is 0.506 e. The minimum Gasteiger partial charge on any atom is -0.451 e. The Morgan fingerprint density at radius 2 is 1.62 bits per heavy atom. The maximum atomic E-state index is 13.5. The van der Waals surface area contributed by atoms with Crippen LogP contribution < -0.4 is 21.1 Å². The van der Waals surface area contributed by atoms with Gasteiger partial charge in [-0.1, -0.05) is 56.7 Å². The zero-order chi connectivity index (χ0) is 38.9. The number of ether oxygens (including phenoxy) is 2. The third kappa shape index (κ3) is 13.9. The third-order valence-electron chi connectivity index (χ3n) is 8.53. The minimum atomic E-state index is -1.40. The summed E-state index contributed by atoms with van der Waals surface area (Å²) < 4.78 is 10.1. The van der Waals surface area contributed by atoms with Gasteiger partial charge in [-0.2, -0.15) is 0 Å². The highest BCUT2D eigenvalue weighted by Gasteiger charge is 2.33. The van der Waals surface area contributed by atoms with Crippen molar-refractivity contribution in [3.63, 3.8) is 0 Å². The fourth-order valence-electron chi connectivity index (χ4n) is 5.57. The summed E-state index contributed by atoms with van der Waals surface area (Å²) >= 11 is 0. The number of hydrogen-bond donors (Lipinski definition) is 4. The fraction of sp³-hybridized carbons (Fsp3) is 0.421. The number of amides is 5. The van der Waals surface area contributed by atoms with Crippen molar-refractivity contribution in [2.24, 2.45) is 17.6 Å². The predicted octanol–water partition coefficient (Wildman–Crippen LogP) is 4.60. The van der Waals surface area contributed by atoms with Crippen molar-refractivity contribution in [3.8, 4) is 5.75 Å². The van der Waals surface area contributed by atoms with E-state index in [-0.39, 0.29) is 68.6 Å². The summed E-state index contributed by atoms with van der Waals surface area (Å²) in [7, 11) is 0. The number of nitrogens with zero attached hydrogens (tertiary/aromatic N) is 2. The molecule has 282 valence electrons. The summed E-state index contributed by atoms with van der Waals surface area (Å²) in [6, 6.07) is 11.2. The standard InChI is InChI=1S/C38H45N5O10/c1-24(2)30(21-28(44)8-5-4-6-19-43-34(46)22-33(36(43)48)53-29-16-14-27(40-3)15-17-29)35(47)42-31(9-7-18-41-37(39)49)32(45)20-25-10-12-26(13-11-25)23-52-38(50)51/h10-17,22,24,30-31H,4-9,18-21,23H2,1-2H3,(H,42,47)(H,50,51)(H3,39,41,49)/t30-,31-/m0/s1. The molecule has 0 aliphatic carbocycles. The molecule has 15 heteroatoms. The highest BCUT2D eigenvalue weighted by molar-refractivity contribution is 6.15. The van der Waals surface area contributed by atoms with E-state index in [0.29, 0.717) is 48.2 Å². The summed E-state index contributed by atoms with van der Waals surface area (Å²) in [6.45, 7) is 10.9. The zero-order valence-electron chi connectivity index (χ0n) is 29.8. The Morgan fingerprint density at radius 1 is 0.943 bits per heavy atom. The van der Waals surface area contributed by atoms with Crippen molar-refractivity contribution in [1.82, 2.24) is 15.5 Å². The van der Waals surface area contributed by atoms with Gasteiger partial charge in [-0.15, -0.1) is 0 Å². The lowest BCUT2D eigenvalue weighted by Crippen LogP contribution is -2.46. The van der Waals surface area contributed by atoms with Crippen molar-refractivity contribution < 1.29 is 48.1 Å². The summed E-state index contributed by atoms with van der Waals surface area (Å²) in [4.78, 5) is 91.2. The molecule has 1 aliphatic rings. The molecule has 0 bridgehead atoms. The number of carboxylic acid groups (broad SMARTS) is 1. The van der Waals surface area contributed by atoms with Gasteiger partial charge >= 0.3 is 12.2 Å². The second kappa shape index (κ2) is 20.7. The van der Waals surface area contributed by atoms with Crippen molar-refractivity contribution in [1.29, 1.82) is 0 Å². The van der Waals surface area contributed by atoms with Gasteiger partial charge in [0.15, 0.2) is 17.2 Å². The van der Waals surface area contributed by atoms with Crippen LogP contribution in [0.5, 0.6) is 5.75 Å². The molecule has 1 heterocycles. The molecule has 5 amide bonds. The molecule has 3 rings (SSSR count). The van der Waals surface area contributed by atoms with Crippen molar-refractivity contribution in [2.75, 3.05) is 13.1 Å². The number of ketones is 2. The number of hydrogen-bond acceptors (Lipinski definition) is 9. The van der Waals surface area contributed by atoms with E-state index >= 15 is 0 Å². The van der Waals surface area contributed by atoms with Gasteiger partial charge < -0.3 is 30.9 Å². The number of urea groups is 1. The van der Waals surface area contributed by atoms with Gasteiger partial charge in [-0.25, -0.2) is 14.4 Å². The van der Waals surface area contributed by atoms with Crippen molar-refractivity contribution >= 4 is 47.2 Å². The van der Waals surface area contributed by atoms with Crippen LogP contribution in [0, 0.1) is 18.4 Å². The Morgan fingerprint density at radius 3 is 2.25 bits per heavy atom. The fourth-order valence-corrected chi connectivity index (χ4v) is 5.57. The lowest BCUT2D eigenvalue weighted by atomic mass is 9.88. The van der Waals surface area contributed by atoms with Crippen molar-refractivity contribution in [2.45, 2.75) is 77.9 Å². The van der Waals surface area contributed by atoms with Gasteiger partial charge in [-0.3, -0.25) is 28.9 Å². The Labute approximate surface area is 307 Å². The molecule has 0 fully saturated rings. The van der Waals surface area contributed by atoms with Crippen LogP contribution in [-0.2, 0) is 41.7 Å². The quantitative estimate of drug-likeness (QED) is 0.0571. The van der Waals surface area contributed by atoms with Crippen LogP contribution in [0.1, 0.15) is 69.9 Å². The van der Waals surface area contributed by atoms with Gasteiger partial charge in [0.25, 0.3) is 11.8 Å². The normalized spacial score (nSPS) is 13.5. The molecule has 0 unspecified atom stereocenters. The summed E-state index contributed by atoms with van der Waals surface area (Å²) in [5.74, 6) is -2.59. The molecule has 53 heavy (non-hydrogen) atoms. The first-order valence-corrected chi connectivity index (χ1v) is 17.3. The Kier molecular flexibility index (Phi) is 16.2. The van der Waals surface area contributed by atoms with E-state index in [4.69, 9.17) is 22.1 Å². The van der Waals surface area contributed by atoms with Gasteiger partial charge in [0, 0.05) is 38.3 Å². The molecule has 5 N–H and O–H groups in total. The number of carbonyl (C=O) groups is 7. The Hall–Kier alpha value is -6.04. The Balaban J connectivity index is 1.49. The molecule has 0 spiro atoms. The molecule has 0 saturated heterocycles. The number of primary amides is 1. The Bertz CT molecular complexity index is 1710. The molecule has 0 aromatic heterocycles. The number of rotatable bonds is 22. The number of imide groups is 1. The highest BCUT2D eigenvalue weighted by Crippen LogP contribution is 2.24. The number of nitrogens with two attached hydrogens (primary N) is 1. The van der Waals surface area contributed by atoms with E-state index in [2.05, 4.69) is 20.2 Å². The summed E-state index contributed by atoms with van der Waals surface area (Å²) in [5.41, 5.74) is 6.81. The number of benzene rings is 2. The summed E-state index contributed by atoms with van der Waals surface area (Å²) in [6.07, 6.45) is 1.95. The first-order chi connectivity index (χ1) is 25.3. The second-order valence-electron chi connectivity index (χ2n) is 12.9. The van der Waals surface area contributed by atoms with Gasteiger partial charge in [0.2, 0.25) is 5.91 Å². The topological polar surface area (TPSA) is 216 Å². The van der Waals surface area contributed by atoms with Crippen LogP contribution in [0.2, 0.25) is 0 Å². The van der Waals surface area contributed by atoms with Crippen LogP contribution in [-0.4, -0.2) is 70.6 Å². The van der Waals surface area contributed by atoms with E-state index in [1.807, 2.05) is 13.8 Å². The summed E-state index contributed by atoms with van der Waals surface area (Å²) in [5, 5.41) is 14.0. The zero-order valence-corrected chi connectivity index (χ0v) is 29.8. The molecule has 2 aromatic rings. The van der Waals surface area contributed by atoms with E-state index in [0.717, 1.165) is 11.0 Å². The number of nitrogens with one attached hydrogen (secondary N) is 2. The van der Waals surface area contributed by atoms with Crippen LogP contribution in [0.25, 0.3) is 4.85 Å². The van der Waals surface area contributed by atoms with E-state index in [1.54, 1.807) is 36.4 Å². The van der Waals surface area contributed by atoms with Crippen LogP contribution in [0.4, 0.5) is 15.3 Å². The molecule has 15 nitrogen and oxygen atoms in total. The maximum absolute atomic E-state index is 13.5. The van der Waals surface area contributed by atoms with Gasteiger partial charge in [-0.05, 0) is 54.9 Å². The van der Waals surface area contributed by atoms with Gasteiger partial charge in [0.05, 0.1) is 18.7 Å². The van der Waals surface area contributed by atoms with Crippen LogP contribution in [0.15, 0.2) is 60.4 Å². The SMILES string of the molecule is [C-]#[N+]c1ccc(OC2=CC(=O)N(CCCCCC(=O)C[C@H](C(=O)N[C@@H](CCCNC(N)=O)C(=O)Cc3ccc(COC(=O)O)cc3)C(C)C)C2=O)cc1. The van der Waals surface area contributed by atoms with Crippen molar-refractivity contribution in [3.05, 3.63) is 82.9 Å². The van der Waals surface area contributed by atoms with E-state index in [9.17, 15) is 33.6 Å². The molecule has 0 radical (unpaired) electrons. The highest BCUT2D eigenvalue weighted by atomic mass is 16.7. The average molecular weight is 732 g/mol. The number of carbonyl (C=O) groups excluding carboxylic acids is 6. The average Bonchev–Trinajstić information content (AvgIpc) is 3.38. The van der Waals surface area contributed by atoms with Gasteiger partial charge in [0.1, 0.15) is 18.1 Å². The molecule has 1 aliphatic heterocycles. The largest absolute Gasteiger partial charge is 0.506 e. The lowest BCUT2D eigenvalue weighted by molar-refractivity contribution is -0.138. The van der Waals surface area contributed by atoms with E-state index < -0.39 is 41.9 Å². The smallest absolute Gasteiger partial charge is 0.451 e. The minimum absolute atomic E-state index is 0.0173. The predicted molar refractivity (Wildman–Crippen MR) is 191 cm³/mol. The monoisotopic (exact) mass is 731 g/mol. The molecular weight excluding hydrogens is 686 g/mol. The molecular formula is C38H45N5O10. The first-order valence-electron chi connectivity index (χ1n) is 17.3. The first kappa shape index (κ1) is 41.4. The van der Waals surface area contributed by atoms with Crippen LogP contribution in [0.3, 0.4) is 0 Å². The molecule has 2 aromatic carbocycles. The molecule has 0 saturated carbocycles. The van der Waals surface area contributed by atoms with Crippen LogP contribution >= 0.6 is 0 Å². The van der Waals surface area contributed by atoms with E-state index in [1.165, 1.54) is 12.1 Å². The lowest BCUT2D eigenvalue weighted by Gasteiger charge is -2.24. The number of Topliss-reactive ketones (excluding diaryl/α,β-unsaturated/α-hetero) is 2. The molecule has 2 atom stereocenters. The third-order valence-corrected chi connectivity index (χ3v) is 8.53. The second-order valence-corrected chi connectivity index (χ2v) is 12.9. The number of unbranched alkanes of at least 4 members (excludes halogenated alkanes) is 2.